The maximum Gasteiger partial charge on any atom is 0.416 e. The van der Waals surface area contributed by atoms with Crippen molar-refractivity contribution in [2.45, 2.75) is 49.9 Å². The van der Waals surface area contributed by atoms with E-state index in [4.69, 9.17) is 0 Å². The number of alkyl halides is 3. The number of rotatable bonds is 6. The SMILES string of the molecule is CC1N(CCCCN2CCN(c3cccc(C(F)(F)F)c3)CC2)C(=O)C(C)(C)S1(=O)=O. The van der Waals surface area contributed by atoms with Crippen molar-refractivity contribution in [3.8, 4) is 0 Å². The van der Waals surface area contributed by atoms with Gasteiger partial charge in [-0.2, -0.15) is 13.2 Å². The van der Waals surface area contributed by atoms with Crippen LogP contribution < -0.4 is 4.90 Å². The molecule has 174 valence electrons. The monoisotopic (exact) mass is 461 g/mol. The van der Waals surface area contributed by atoms with Crippen molar-refractivity contribution in [3.05, 3.63) is 29.8 Å². The van der Waals surface area contributed by atoms with Crippen molar-refractivity contribution in [3.63, 3.8) is 0 Å². The molecular weight excluding hydrogens is 431 g/mol. The molecular formula is C21H30F3N3O3S. The fourth-order valence-corrected chi connectivity index (χ4v) is 5.99. The first kappa shape index (κ1) is 23.8. The molecule has 2 heterocycles. The lowest BCUT2D eigenvalue weighted by Crippen LogP contribution is -2.46. The largest absolute Gasteiger partial charge is 0.416 e. The van der Waals surface area contributed by atoms with E-state index in [1.165, 1.54) is 30.9 Å². The maximum atomic E-state index is 12.9. The lowest BCUT2D eigenvalue weighted by atomic mass is 10.1. The number of halogens is 3. The molecule has 0 bridgehead atoms. The molecule has 6 nitrogen and oxygen atoms in total. The average molecular weight is 462 g/mol. The second kappa shape index (κ2) is 8.61. The summed E-state index contributed by atoms with van der Waals surface area (Å²) in [6, 6.07) is 5.42. The van der Waals surface area contributed by atoms with Gasteiger partial charge in [0.25, 0.3) is 0 Å². The Morgan fingerprint density at radius 3 is 2.23 bits per heavy atom. The normalized spacial score (nSPS) is 24.1. The van der Waals surface area contributed by atoms with Gasteiger partial charge in [-0.05, 0) is 58.4 Å². The van der Waals surface area contributed by atoms with Crippen LogP contribution in [-0.4, -0.2) is 73.5 Å². The van der Waals surface area contributed by atoms with Gasteiger partial charge in [-0.3, -0.25) is 9.69 Å². The number of sulfone groups is 1. The number of nitrogens with zero attached hydrogens (tertiary/aromatic N) is 3. The van der Waals surface area contributed by atoms with Gasteiger partial charge in [0.2, 0.25) is 5.91 Å². The van der Waals surface area contributed by atoms with Crippen molar-refractivity contribution in [1.82, 2.24) is 9.80 Å². The molecule has 31 heavy (non-hydrogen) atoms. The van der Waals surface area contributed by atoms with E-state index >= 15 is 0 Å². The summed E-state index contributed by atoms with van der Waals surface area (Å²) in [6.07, 6.45) is -2.82. The van der Waals surface area contributed by atoms with Crippen LogP contribution in [0.3, 0.4) is 0 Å². The Balaban J connectivity index is 1.44. The van der Waals surface area contributed by atoms with Crippen LogP contribution in [-0.2, 0) is 20.8 Å². The Morgan fingerprint density at radius 1 is 1.06 bits per heavy atom. The minimum absolute atomic E-state index is 0.338. The van der Waals surface area contributed by atoms with Crippen LogP contribution in [0.15, 0.2) is 24.3 Å². The third-order valence-electron chi connectivity index (χ3n) is 6.41. The molecule has 0 radical (unpaired) electrons. The van der Waals surface area contributed by atoms with E-state index < -0.39 is 31.7 Å². The Morgan fingerprint density at radius 2 is 1.68 bits per heavy atom. The first-order valence-corrected chi connectivity index (χ1v) is 12.1. The van der Waals surface area contributed by atoms with Crippen LogP contribution in [0.1, 0.15) is 39.2 Å². The molecule has 0 spiro atoms. The first-order valence-electron chi connectivity index (χ1n) is 10.5. The maximum absolute atomic E-state index is 12.9. The van der Waals surface area contributed by atoms with Crippen molar-refractivity contribution >= 4 is 21.4 Å². The molecule has 1 amide bonds. The number of hydrogen-bond acceptors (Lipinski definition) is 5. The van der Waals surface area contributed by atoms with E-state index in [-0.39, 0.29) is 5.91 Å². The predicted molar refractivity (Wildman–Crippen MR) is 114 cm³/mol. The molecule has 1 aromatic rings. The lowest BCUT2D eigenvalue weighted by Gasteiger charge is -2.36. The minimum atomic E-state index is -4.35. The van der Waals surface area contributed by atoms with E-state index in [1.54, 1.807) is 13.0 Å². The van der Waals surface area contributed by atoms with Gasteiger partial charge in [0, 0.05) is 38.4 Å². The molecule has 1 unspecified atom stereocenters. The molecule has 2 aliphatic heterocycles. The molecule has 0 N–H and O–H groups in total. The highest BCUT2D eigenvalue weighted by molar-refractivity contribution is 7.94. The summed E-state index contributed by atoms with van der Waals surface area (Å²) in [5, 5.41) is -0.800. The standard InChI is InChI=1S/C21H30F3N3O3S/c1-16-27(19(28)20(2,3)31(16,29)30)10-5-4-9-25-11-13-26(14-12-25)18-8-6-7-17(15-18)21(22,23)24/h6-8,15-16H,4-5,9-14H2,1-3H3. The van der Waals surface area contributed by atoms with Gasteiger partial charge in [0.1, 0.15) is 10.1 Å². The number of benzene rings is 1. The van der Waals surface area contributed by atoms with Crippen LogP contribution in [0.2, 0.25) is 0 Å². The number of piperazine rings is 1. The number of amides is 1. The number of anilines is 1. The van der Waals surface area contributed by atoms with E-state index in [2.05, 4.69) is 4.90 Å². The van der Waals surface area contributed by atoms with Gasteiger partial charge < -0.3 is 9.80 Å². The molecule has 1 atom stereocenters. The van der Waals surface area contributed by atoms with E-state index in [0.717, 1.165) is 32.1 Å². The molecule has 3 rings (SSSR count). The predicted octanol–water partition coefficient (Wildman–Crippen LogP) is 2.99. The second-order valence-electron chi connectivity index (χ2n) is 8.74. The summed E-state index contributed by atoms with van der Waals surface area (Å²) in [6.45, 7) is 8.50. The molecule has 2 saturated heterocycles. The fourth-order valence-electron chi connectivity index (χ4n) is 4.24. The van der Waals surface area contributed by atoms with Crippen molar-refractivity contribution in [2.75, 3.05) is 44.2 Å². The fraction of sp³-hybridized carbons (Fsp3) is 0.667. The summed E-state index contributed by atoms with van der Waals surface area (Å²) < 4.78 is 62.2. The smallest absolute Gasteiger partial charge is 0.369 e. The van der Waals surface area contributed by atoms with Crippen molar-refractivity contribution < 1.29 is 26.4 Å². The zero-order valence-electron chi connectivity index (χ0n) is 18.2. The number of carbonyl (C=O) groups excluding carboxylic acids is 1. The Kier molecular flexibility index (Phi) is 6.63. The van der Waals surface area contributed by atoms with Gasteiger partial charge in [-0.25, -0.2) is 8.42 Å². The molecule has 1 aromatic carbocycles. The van der Waals surface area contributed by atoms with E-state index in [9.17, 15) is 26.4 Å². The van der Waals surface area contributed by atoms with Gasteiger partial charge in [-0.1, -0.05) is 6.07 Å². The summed E-state index contributed by atoms with van der Waals surface area (Å²) in [7, 11) is -3.51. The summed E-state index contributed by atoms with van der Waals surface area (Å²) in [5.41, 5.74) is -0.0526. The summed E-state index contributed by atoms with van der Waals surface area (Å²) in [4.78, 5) is 18.1. The van der Waals surface area contributed by atoms with Crippen LogP contribution in [0, 0.1) is 0 Å². The molecule has 2 aliphatic rings. The summed E-state index contributed by atoms with van der Waals surface area (Å²) in [5.74, 6) is -0.338. The Hall–Kier alpha value is -1.81. The van der Waals surface area contributed by atoms with Gasteiger partial charge in [-0.15, -0.1) is 0 Å². The third-order valence-corrected chi connectivity index (χ3v) is 9.16. The zero-order valence-corrected chi connectivity index (χ0v) is 19.0. The summed E-state index contributed by atoms with van der Waals surface area (Å²) >= 11 is 0. The Labute approximate surface area is 181 Å². The highest BCUT2D eigenvalue weighted by atomic mass is 32.2. The molecule has 0 aliphatic carbocycles. The first-order chi connectivity index (χ1) is 14.4. The van der Waals surface area contributed by atoms with Crippen LogP contribution in [0.5, 0.6) is 0 Å². The topological polar surface area (TPSA) is 60.9 Å². The van der Waals surface area contributed by atoms with E-state index in [1.807, 2.05) is 4.90 Å². The third kappa shape index (κ3) is 4.69. The number of carbonyl (C=O) groups is 1. The average Bonchev–Trinajstić information content (AvgIpc) is 2.83. The molecule has 0 aromatic heterocycles. The van der Waals surface area contributed by atoms with Crippen LogP contribution >= 0.6 is 0 Å². The minimum Gasteiger partial charge on any atom is -0.369 e. The quantitative estimate of drug-likeness (QED) is 0.610. The number of hydrogen-bond donors (Lipinski definition) is 0. The van der Waals surface area contributed by atoms with Crippen molar-refractivity contribution in [2.24, 2.45) is 0 Å². The molecule has 2 fully saturated rings. The van der Waals surface area contributed by atoms with Crippen molar-refractivity contribution in [1.29, 1.82) is 0 Å². The highest BCUT2D eigenvalue weighted by Gasteiger charge is 2.56. The van der Waals surface area contributed by atoms with Crippen LogP contribution in [0.25, 0.3) is 0 Å². The number of unbranched alkanes of at least 4 members (excludes halogenated alkanes) is 1. The van der Waals surface area contributed by atoms with E-state index in [0.29, 0.717) is 31.7 Å². The van der Waals surface area contributed by atoms with Crippen LogP contribution in [0.4, 0.5) is 18.9 Å². The van der Waals surface area contributed by atoms with Gasteiger partial charge in [0.15, 0.2) is 9.84 Å². The Bertz CT molecular complexity index is 910. The zero-order chi connectivity index (χ0) is 23.0. The second-order valence-corrected chi connectivity index (χ2v) is 11.5. The molecule has 10 heteroatoms. The van der Waals surface area contributed by atoms with Gasteiger partial charge in [0.05, 0.1) is 5.56 Å². The van der Waals surface area contributed by atoms with Gasteiger partial charge >= 0.3 is 6.18 Å². The highest BCUT2D eigenvalue weighted by Crippen LogP contribution is 2.34. The lowest BCUT2D eigenvalue weighted by molar-refractivity contribution is -0.137. The molecule has 0 saturated carbocycles.